The van der Waals surface area contributed by atoms with E-state index in [1.165, 1.54) is 64.5 Å². The van der Waals surface area contributed by atoms with Crippen molar-refractivity contribution in [3.63, 3.8) is 0 Å². The van der Waals surface area contributed by atoms with E-state index >= 15 is 0 Å². The van der Waals surface area contributed by atoms with Gasteiger partial charge in [0.2, 0.25) is 0 Å². The van der Waals surface area contributed by atoms with Gasteiger partial charge in [-0.05, 0) is 55.8 Å². The molecule has 0 N–H and O–H groups in total. The quantitative estimate of drug-likeness (QED) is 0.377. The van der Waals surface area contributed by atoms with Gasteiger partial charge < -0.3 is 0 Å². The number of aryl methyl sites for hydroxylation is 1. The zero-order chi connectivity index (χ0) is 16.9. The molecule has 0 heterocycles. The smallest absolute Gasteiger partial charge is 0.0236 e. The van der Waals surface area contributed by atoms with Gasteiger partial charge in [-0.2, -0.15) is 0 Å². The molecule has 0 bridgehead atoms. The van der Waals surface area contributed by atoms with Crippen LogP contribution in [0, 0.1) is 5.92 Å². The number of benzene rings is 1. The van der Waals surface area contributed by atoms with Gasteiger partial charge in [0.15, 0.2) is 0 Å². The fraction of sp³-hybridized carbons (Fsp3) is 0.727. The highest BCUT2D eigenvalue weighted by atomic mass is 15.1. The van der Waals surface area contributed by atoms with Crippen molar-refractivity contribution in [2.75, 3.05) is 13.1 Å². The van der Waals surface area contributed by atoms with E-state index in [0.717, 1.165) is 12.5 Å². The Balaban J connectivity index is 2.64. The maximum atomic E-state index is 2.69. The fourth-order valence-corrected chi connectivity index (χ4v) is 3.08. The van der Waals surface area contributed by atoms with Crippen LogP contribution in [0.1, 0.15) is 83.8 Å². The Morgan fingerprint density at radius 2 is 1.39 bits per heavy atom. The van der Waals surface area contributed by atoms with E-state index < -0.39 is 0 Å². The van der Waals surface area contributed by atoms with Crippen LogP contribution >= 0.6 is 0 Å². The molecule has 0 spiro atoms. The second kappa shape index (κ2) is 12.6. The normalized spacial score (nSPS) is 11.6. The molecule has 0 amide bonds. The third-order valence-electron chi connectivity index (χ3n) is 4.66. The Bertz CT molecular complexity index is 387. The predicted molar refractivity (Wildman–Crippen MR) is 104 cm³/mol. The first kappa shape index (κ1) is 20.2. The molecule has 23 heavy (non-hydrogen) atoms. The lowest BCUT2D eigenvalue weighted by Gasteiger charge is -2.24. The van der Waals surface area contributed by atoms with E-state index in [9.17, 15) is 0 Å². The Hall–Kier alpha value is -0.820. The molecule has 132 valence electrons. The summed E-state index contributed by atoms with van der Waals surface area (Å²) in [6.45, 7) is 12.9. The van der Waals surface area contributed by atoms with Crippen LogP contribution in [0.15, 0.2) is 24.3 Å². The summed E-state index contributed by atoms with van der Waals surface area (Å²) in [5.41, 5.74) is 3.12. The molecular weight excluding hydrogens is 278 g/mol. The summed E-state index contributed by atoms with van der Waals surface area (Å²) in [4.78, 5) is 2.69. The maximum absolute atomic E-state index is 2.69. The summed E-state index contributed by atoms with van der Waals surface area (Å²) >= 11 is 0. The first-order valence-electron chi connectivity index (χ1n) is 9.96. The molecular formula is C22H39N. The van der Waals surface area contributed by atoms with Crippen molar-refractivity contribution in [2.24, 2.45) is 5.92 Å². The van der Waals surface area contributed by atoms with Crippen LogP contribution in [0.4, 0.5) is 0 Å². The molecule has 1 aromatic rings. The van der Waals surface area contributed by atoms with Crippen LogP contribution < -0.4 is 0 Å². The van der Waals surface area contributed by atoms with Crippen molar-refractivity contribution in [3.05, 3.63) is 35.4 Å². The van der Waals surface area contributed by atoms with E-state index in [4.69, 9.17) is 0 Å². The summed E-state index contributed by atoms with van der Waals surface area (Å²) in [5, 5.41) is 0. The van der Waals surface area contributed by atoms with Gasteiger partial charge in [0.05, 0.1) is 0 Å². The number of nitrogens with zero attached hydrogens (tertiary/aromatic N) is 1. The van der Waals surface area contributed by atoms with Gasteiger partial charge in [0.1, 0.15) is 0 Å². The predicted octanol–water partition coefficient (Wildman–Crippen LogP) is 6.46. The van der Waals surface area contributed by atoms with Crippen LogP contribution in [0.25, 0.3) is 0 Å². The maximum Gasteiger partial charge on any atom is 0.0236 e. The van der Waals surface area contributed by atoms with E-state index in [-0.39, 0.29) is 0 Å². The zero-order valence-electron chi connectivity index (χ0n) is 16.1. The highest BCUT2D eigenvalue weighted by Crippen LogP contribution is 2.17. The molecule has 0 aliphatic carbocycles. The standard InChI is InChI=1S/C22H39N/c1-5-7-11-17-23(18-12-8-6-2)19-22-14-10-9-13-21(22)16-15-20(3)4/h9-10,13-14,20H,5-8,11-12,15-19H2,1-4H3. The SMILES string of the molecule is CCCCCN(CCCCC)Cc1ccccc1CCC(C)C. The molecule has 0 aromatic heterocycles. The lowest BCUT2D eigenvalue weighted by Crippen LogP contribution is -2.26. The van der Waals surface area contributed by atoms with Gasteiger partial charge in [0, 0.05) is 6.54 Å². The molecule has 0 fully saturated rings. The molecule has 1 rings (SSSR count). The monoisotopic (exact) mass is 317 g/mol. The van der Waals surface area contributed by atoms with Crippen LogP contribution in [0.3, 0.4) is 0 Å². The van der Waals surface area contributed by atoms with Gasteiger partial charge in [-0.15, -0.1) is 0 Å². The average molecular weight is 318 g/mol. The van der Waals surface area contributed by atoms with Crippen LogP contribution in [0.5, 0.6) is 0 Å². The third-order valence-corrected chi connectivity index (χ3v) is 4.66. The molecule has 0 aliphatic heterocycles. The second-order valence-corrected chi connectivity index (χ2v) is 7.39. The Morgan fingerprint density at radius 1 is 0.826 bits per heavy atom. The van der Waals surface area contributed by atoms with Gasteiger partial charge in [-0.1, -0.05) is 77.6 Å². The molecule has 0 aliphatic rings. The second-order valence-electron chi connectivity index (χ2n) is 7.39. The Labute approximate surface area is 145 Å². The van der Waals surface area contributed by atoms with Crippen molar-refractivity contribution in [1.29, 1.82) is 0 Å². The zero-order valence-corrected chi connectivity index (χ0v) is 16.1. The van der Waals surface area contributed by atoms with Crippen LogP contribution in [-0.4, -0.2) is 18.0 Å². The number of hydrogen-bond donors (Lipinski definition) is 0. The fourth-order valence-electron chi connectivity index (χ4n) is 3.08. The molecule has 1 nitrogen and oxygen atoms in total. The molecule has 1 heteroatoms. The van der Waals surface area contributed by atoms with E-state index in [1.54, 1.807) is 11.1 Å². The number of unbranched alkanes of at least 4 members (excludes halogenated alkanes) is 4. The largest absolute Gasteiger partial charge is 0.299 e. The molecule has 0 radical (unpaired) electrons. The molecule has 0 unspecified atom stereocenters. The van der Waals surface area contributed by atoms with Gasteiger partial charge in [0.25, 0.3) is 0 Å². The lowest BCUT2D eigenvalue weighted by molar-refractivity contribution is 0.253. The number of rotatable bonds is 13. The third kappa shape index (κ3) is 9.15. The Kier molecular flexibility index (Phi) is 11.1. The van der Waals surface area contributed by atoms with E-state index in [2.05, 4.69) is 56.9 Å². The summed E-state index contributed by atoms with van der Waals surface area (Å²) in [6, 6.07) is 9.11. The van der Waals surface area contributed by atoms with Crippen LogP contribution in [0.2, 0.25) is 0 Å². The summed E-state index contributed by atoms with van der Waals surface area (Å²) < 4.78 is 0. The van der Waals surface area contributed by atoms with Crippen molar-refractivity contribution in [3.8, 4) is 0 Å². The van der Waals surface area contributed by atoms with E-state index in [0.29, 0.717) is 0 Å². The summed E-state index contributed by atoms with van der Waals surface area (Å²) in [7, 11) is 0. The average Bonchev–Trinajstić information content (AvgIpc) is 2.54. The topological polar surface area (TPSA) is 3.24 Å². The Morgan fingerprint density at radius 3 is 1.91 bits per heavy atom. The first-order chi connectivity index (χ1) is 11.2. The summed E-state index contributed by atoms with van der Waals surface area (Å²) in [5.74, 6) is 0.785. The van der Waals surface area contributed by atoms with Crippen molar-refractivity contribution in [2.45, 2.75) is 85.6 Å². The minimum absolute atomic E-state index is 0.785. The molecule has 1 aromatic carbocycles. The minimum Gasteiger partial charge on any atom is -0.299 e. The molecule has 0 saturated carbocycles. The van der Waals surface area contributed by atoms with Crippen LogP contribution in [-0.2, 0) is 13.0 Å². The van der Waals surface area contributed by atoms with Crippen molar-refractivity contribution in [1.82, 2.24) is 4.90 Å². The van der Waals surface area contributed by atoms with Gasteiger partial charge in [-0.25, -0.2) is 0 Å². The first-order valence-corrected chi connectivity index (χ1v) is 9.96. The lowest BCUT2D eigenvalue weighted by atomic mass is 9.98. The van der Waals surface area contributed by atoms with Gasteiger partial charge >= 0.3 is 0 Å². The van der Waals surface area contributed by atoms with Crippen molar-refractivity contribution < 1.29 is 0 Å². The van der Waals surface area contributed by atoms with Crippen molar-refractivity contribution >= 4 is 0 Å². The molecule has 0 atom stereocenters. The highest BCUT2D eigenvalue weighted by Gasteiger charge is 2.09. The summed E-state index contributed by atoms with van der Waals surface area (Å²) in [6.07, 6.45) is 10.6. The highest BCUT2D eigenvalue weighted by molar-refractivity contribution is 5.27. The molecule has 0 saturated heterocycles. The van der Waals surface area contributed by atoms with E-state index in [1.807, 2.05) is 0 Å². The minimum atomic E-state index is 0.785. The van der Waals surface area contributed by atoms with Gasteiger partial charge in [-0.3, -0.25) is 4.90 Å². The number of hydrogen-bond acceptors (Lipinski definition) is 1.